The van der Waals surface area contributed by atoms with Gasteiger partial charge in [0.25, 0.3) is 0 Å². The van der Waals surface area contributed by atoms with Crippen molar-refractivity contribution < 1.29 is 17.7 Å². The lowest BCUT2D eigenvalue weighted by atomic mass is 10.1. The van der Waals surface area contributed by atoms with Crippen LogP contribution in [0, 0.1) is 6.92 Å². The van der Waals surface area contributed by atoms with E-state index in [1.165, 1.54) is 17.3 Å². The van der Waals surface area contributed by atoms with E-state index in [-0.39, 0.29) is 17.4 Å². The van der Waals surface area contributed by atoms with Crippen molar-refractivity contribution in [2.45, 2.75) is 26.1 Å². The largest absolute Gasteiger partial charge is 0.416 e. The van der Waals surface area contributed by atoms with E-state index in [0.717, 1.165) is 38.3 Å². The Morgan fingerprint density at radius 2 is 1.73 bits per heavy atom. The molecule has 1 unspecified atom stereocenters. The van der Waals surface area contributed by atoms with Crippen LogP contribution in [-0.4, -0.2) is 41.2 Å². The first kappa shape index (κ1) is 20.4. The van der Waals surface area contributed by atoms with Crippen LogP contribution in [0.1, 0.15) is 30.0 Å². The zero-order valence-corrected chi connectivity index (χ0v) is 16.9. The Morgan fingerprint density at radius 1 is 1.00 bits per heavy atom. The molecule has 1 atom stereocenters. The average molecular weight is 416 g/mol. The second-order valence-electron chi connectivity index (χ2n) is 7.52. The summed E-state index contributed by atoms with van der Waals surface area (Å²) >= 11 is 0. The number of rotatable bonds is 4. The summed E-state index contributed by atoms with van der Waals surface area (Å²) in [5.74, 6) is 0.577. The quantitative estimate of drug-likeness (QED) is 0.602. The number of para-hydroxylation sites is 1. The minimum absolute atomic E-state index is 0.115. The minimum atomic E-state index is -4.41. The fraction of sp³-hybridized carbons (Fsp3) is 0.364. The lowest BCUT2D eigenvalue weighted by Crippen LogP contribution is -2.47. The van der Waals surface area contributed by atoms with E-state index in [1.807, 2.05) is 19.1 Å². The number of alkyl halides is 3. The number of hydrogen-bond acceptors (Lipinski definition) is 5. The molecule has 30 heavy (non-hydrogen) atoms. The van der Waals surface area contributed by atoms with Gasteiger partial charge in [0.05, 0.1) is 11.6 Å². The number of benzene rings is 2. The van der Waals surface area contributed by atoms with Gasteiger partial charge in [-0.05, 0) is 37.6 Å². The summed E-state index contributed by atoms with van der Waals surface area (Å²) in [5.41, 5.74) is 2.05. The number of anilines is 1. The number of aromatic nitrogens is 2. The van der Waals surface area contributed by atoms with Gasteiger partial charge in [0.1, 0.15) is 0 Å². The van der Waals surface area contributed by atoms with Gasteiger partial charge in [-0.1, -0.05) is 35.5 Å². The van der Waals surface area contributed by atoms with Gasteiger partial charge in [-0.15, -0.1) is 0 Å². The summed E-state index contributed by atoms with van der Waals surface area (Å²) in [4.78, 5) is 8.98. The van der Waals surface area contributed by atoms with Crippen LogP contribution < -0.4 is 4.90 Å². The summed E-state index contributed by atoms with van der Waals surface area (Å²) in [6.07, 6.45) is -4.41. The van der Waals surface area contributed by atoms with Crippen LogP contribution in [0.5, 0.6) is 0 Å². The Bertz CT molecular complexity index is 1010. The third-order valence-corrected chi connectivity index (χ3v) is 5.57. The predicted octanol–water partition coefficient (Wildman–Crippen LogP) is 4.95. The number of halogens is 3. The molecule has 0 aliphatic carbocycles. The molecule has 0 amide bonds. The van der Waals surface area contributed by atoms with Gasteiger partial charge in [-0.3, -0.25) is 4.90 Å². The maximum absolute atomic E-state index is 13.0. The van der Waals surface area contributed by atoms with E-state index < -0.39 is 11.7 Å². The Morgan fingerprint density at radius 3 is 2.43 bits per heavy atom. The van der Waals surface area contributed by atoms with E-state index in [2.05, 4.69) is 39.0 Å². The van der Waals surface area contributed by atoms with Crippen molar-refractivity contribution in [2.24, 2.45) is 0 Å². The topological polar surface area (TPSA) is 45.4 Å². The van der Waals surface area contributed by atoms with Crippen molar-refractivity contribution in [1.29, 1.82) is 0 Å². The van der Waals surface area contributed by atoms with Gasteiger partial charge in [0.15, 0.2) is 0 Å². The molecular weight excluding hydrogens is 393 g/mol. The molecule has 8 heteroatoms. The highest BCUT2D eigenvalue weighted by atomic mass is 19.4. The number of aryl methyl sites for hydroxylation is 1. The molecule has 0 radical (unpaired) electrons. The van der Waals surface area contributed by atoms with E-state index in [4.69, 9.17) is 4.52 Å². The normalized spacial score (nSPS) is 16.6. The van der Waals surface area contributed by atoms with Crippen molar-refractivity contribution in [3.8, 4) is 11.4 Å². The van der Waals surface area contributed by atoms with Crippen LogP contribution in [0.3, 0.4) is 0 Å². The third kappa shape index (κ3) is 4.18. The molecule has 4 rings (SSSR count). The van der Waals surface area contributed by atoms with Crippen molar-refractivity contribution in [3.63, 3.8) is 0 Å². The summed E-state index contributed by atoms with van der Waals surface area (Å²) in [6, 6.07) is 13.2. The molecule has 0 N–H and O–H groups in total. The summed E-state index contributed by atoms with van der Waals surface area (Å²) in [6.45, 7) is 7.51. The van der Waals surface area contributed by atoms with Crippen LogP contribution in [0.25, 0.3) is 11.4 Å². The Labute approximate surface area is 173 Å². The van der Waals surface area contributed by atoms with E-state index in [9.17, 15) is 13.2 Å². The Balaban J connectivity index is 1.44. The highest BCUT2D eigenvalue weighted by Gasteiger charge is 2.31. The first-order valence-corrected chi connectivity index (χ1v) is 9.89. The molecule has 0 saturated carbocycles. The van der Waals surface area contributed by atoms with Crippen LogP contribution in [-0.2, 0) is 6.18 Å². The number of hydrogen-bond donors (Lipinski definition) is 0. The predicted molar refractivity (Wildman–Crippen MR) is 108 cm³/mol. The van der Waals surface area contributed by atoms with Crippen molar-refractivity contribution in [2.75, 3.05) is 31.1 Å². The van der Waals surface area contributed by atoms with Crippen LogP contribution in [0.2, 0.25) is 0 Å². The molecule has 1 aliphatic heterocycles. The second kappa shape index (κ2) is 8.10. The van der Waals surface area contributed by atoms with Crippen molar-refractivity contribution in [1.82, 2.24) is 15.0 Å². The average Bonchev–Trinajstić information content (AvgIpc) is 3.24. The van der Waals surface area contributed by atoms with Gasteiger partial charge in [-0.25, -0.2) is 0 Å². The fourth-order valence-corrected chi connectivity index (χ4v) is 3.78. The van der Waals surface area contributed by atoms with E-state index >= 15 is 0 Å². The summed E-state index contributed by atoms with van der Waals surface area (Å²) in [5, 5.41) is 3.91. The van der Waals surface area contributed by atoms with Gasteiger partial charge in [-0.2, -0.15) is 18.2 Å². The second-order valence-corrected chi connectivity index (χ2v) is 7.52. The zero-order valence-electron chi connectivity index (χ0n) is 16.9. The van der Waals surface area contributed by atoms with E-state index in [0.29, 0.717) is 5.89 Å². The molecule has 1 aliphatic rings. The fourth-order valence-electron chi connectivity index (χ4n) is 3.78. The van der Waals surface area contributed by atoms with Crippen LogP contribution >= 0.6 is 0 Å². The first-order chi connectivity index (χ1) is 14.3. The summed E-state index contributed by atoms with van der Waals surface area (Å²) < 4.78 is 44.3. The number of piperazine rings is 1. The molecule has 158 valence electrons. The molecule has 0 bridgehead atoms. The molecule has 2 aromatic carbocycles. The maximum atomic E-state index is 13.0. The molecule has 1 saturated heterocycles. The minimum Gasteiger partial charge on any atom is -0.369 e. The SMILES string of the molecule is Cc1ccccc1N1CCN(C(C)c2nc(-c3cccc(C(F)(F)F)c3)no2)CC1. The standard InChI is InChI=1S/C22H23F3N4O/c1-15-6-3-4-9-19(15)29-12-10-28(11-13-29)16(2)21-26-20(27-30-21)17-7-5-8-18(14-17)22(23,24)25/h3-9,14,16H,10-13H2,1-2H3. The molecule has 5 nitrogen and oxygen atoms in total. The Hall–Kier alpha value is -2.87. The molecule has 0 spiro atoms. The zero-order chi connectivity index (χ0) is 21.3. The molecule has 2 heterocycles. The van der Waals surface area contributed by atoms with Crippen LogP contribution in [0.15, 0.2) is 53.1 Å². The molecular formula is C22H23F3N4O. The molecule has 1 aromatic heterocycles. The maximum Gasteiger partial charge on any atom is 0.416 e. The van der Waals surface area contributed by atoms with Gasteiger partial charge >= 0.3 is 6.18 Å². The lowest BCUT2D eigenvalue weighted by molar-refractivity contribution is -0.137. The summed E-state index contributed by atoms with van der Waals surface area (Å²) in [7, 11) is 0. The lowest BCUT2D eigenvalue weighted by Gasteiger charge is -2.38. The van der Waals surface area contributed by atoms with Crippen molar-refractivity contribution in [3.05, 3.63) is 65.5 Å². The van der Waals surface area contributed by atoms with Gasteiger partial charge < -0.3 is 9.42 Å². The molecule has 3 aromatic rings. The van der Waals surface area contributed by atoms with Crippen LogP contribution in [0.4, 0.5) is 18.9 Å². The first-order valence-electron chi connectivity index (χ1n) is 9.89. The highest BCUT2D eigenvalue weighted by molar-refractivity contribution is 5.56. The molecule has 1 fully saturated rings. The Kier molecular flexibility index (Phi) is 5.51. The monoisotopic (exact) mass is 416 g/mol. The number of nitrogens with zero attached hydrogens (tertiary/aromatic N) is 4. The van der Waals surface area contributed by atoms with Gasteiger partial charge in [0, 0.05) is 37.4 Å². The third-order valence-electron chi connectivity index (χ3n) is 5.57. The van der Waals surface area contributed by atoms with E-state index in [1.54, 1.807) is 6.07 Å². The van der Waals surface area contributed by atoms with Gasteiger partial charge in [0.2, 0.25) is 11.7 Å². The highest BCUT2D eigenvalue weighted by Crippen LogP contribution is 2.32. The van der Waals surface area contributed by atoms with Crippen molar-refractivity contribution >= 4 is 5.69 Å². The smallest absolute Gasteiger partial charge is 0.369 e.